The highest BCUT2D eigenvalue weighted by molar-refractivity contribution is 7.96. The highest BCUT2D eigenvalue weighted by Gasteiger charge is 2.71. The van der Waals surface area contributed by atoms with Crippen molar-refractivity contribution in [1.82, 2.24) is 0 Å². The number of fused-ring (bicyclic) bond motifs is 5. The molecule has 412 valence electrons. The van der Waals surface area contributed by atoms with Crippen LogP contribution in [0.1, 0.15) is 155 Å². The van der Waals surface area contributed by atoms with Crippen LogP contribution in [0, 0.1) is 117 Å². The van der Waals surface area contributed by atoms with Crippen LogP contribution in [0.4, 0.5) is 17.6 Å². The number of halogens is 4. The molecule has 0 N–H and O–H groups in total. The summed E-state index contributed by atoms with van der Waals surface area (Å²) in [6.45, 7) is 2.06. The van der Waals surface area contributed by atoms with Gasteiger partial charge in [0.05, 0.1) is 18.6 Å². The number of alkyl halides is 4. The second-order valence-electron chi connectivity index (χ2n) is 28.0. The van der Waals surface area contributed by atoms with Crippen LogP contribution in [0.3, 0.4) is 0 Å². The Labute approximate surface area is 437 Å². The van der Waals surface area contributed by atoms with Gasteiger partial charge in [0.25, 0.3) is 0 Å². The molecule has 18 aliphatic carbocycles. The minimum atomic E-state index is -4.05. The van der Waals surface area contributed by atoms with Crippen LogP contribution in [0.5, 0.6) is 0 Å². The third-order valence-corrected chi connectivity index (χ3v) is 24.4. The third-order valence-electron chi connectivity index (χ3n) is 23.4. The van der Waals surface area contributed by atoms with Crippen molar-refractivity contribution >= 4 is 48.0 Å². The second-order valence-corrected chi connectivity index (χ2v) is 29.6. The molecule has 74 heavy (non-hydrogen) atoms. The van der Waals surface area contributed by atoms with Crippen LogP contribution in [0.25, 0.3) is 0 Å². The molecule has 18 aliphatic rings. The molecule has 0 radical (unpaired) electrons. The van der Waals surface area contributed by atoms with Crippen molar-refractivity contribution in [2.45, 2.75) is 176 Å². The Kier molecular flexibility index (Phi) is 12.7. The molecule has 10 atom stereocenters. The Morgan fingerprint density at radius 3 is 1.43 bits per heavy atom. The molecule has 0 aliphatic heterocycles. The summed E-state index contributed by atoms with van der Waals surface area (Å²) in [5.41, 5.74) is -2.41. The minimum Gasteiger partial charge on any atom is -0.691 e. The van der Waals surface area contributed by atoms with Gasteiger partial charge in [-0.2, -0.15) is 26.2 Å². The number of carbonyl (C=O) groups excluding carboxylic acids is 4. The molecule has 20 heteroatoms. The Morgan fingerprint density at radius 2 is 0.959 bits per heavy atom. The predicted octanol–water partition coefficient (Wildman–Crippen LogP) is 9.17. The van der Waals surface area contributed by atoms with E-state index in [2.05, 4.69) is 25.7 Å². The van der Waals surface area contributed by atoms with Crippen LogP contribution in [-0.4, -0.2) is 58.8 Å². The summed E-state index contributed by atoms with van der Waals surface area (Å²) < 4.78 is 86.0. The minimum absolute atomic E-state index is 0.0114. The fourth-order valence-electron chi connectivity index (χ4n) is 22.8. The van der Waals surface area contributed by atoms with Gasteiger partial charge in [0, 0.05) is 17.3 Å². The van der Waals surface area contributed by atoms with Gasteiger partial charge in [0.1, 0.15) is 35.3 Å². The molecule has 14 nitrogen and oxygen atoms in total. The van der Waals surface area contributed by atoms with Crippen LogP contribution in [-0.2, 0) is 56.9 Å². The van der Waals surface area contributed by atoms with E-state index in [0.717, 1.165) is 137 Å². The van der Waals surface area contributed by atoms with Crippen molar-refractivity contribution in [3.63, 3.8) is 0 Å². The Morgan fingerprint density at radius 1 is 0.514 bits per heavy atom. The van der Waals surface area contributed by atoms with Crippen LogP contribution < -0.4 is 10.5 Å². The Hall–Kier alpha value is -1.94. The number of carbonyl (C=O) groups is 4. The number of hydrogen-bond acceptors (Lipinski definition) is 16. The van der Waals surface area contributed by atoms with E-state index in [4.69, 9.17) is 18.9 Å². The molecule has 0 saturated heterocycles. The molecular formula is C54H70F4O14S2-2. The fraction of sp³-hybridized carbons (Fsp3) is 0.926. The molecule has 0 aromatic heterocycles. The van der Waals surface area contributed by atoms with E-state index in [1.165, 1.54) is 38.5 Å². The van der Waals surface area contributed by atoms with Gasteiger partial charge < -0.3 is 29.5 Å². The molecule has 10 unspecified atom stereocenters. The highest BCUT2D eigenvalue weighted by Crippen LogP contribution is 2.75. The number of rotatable bonds is 17. The van der Waals surface area contributed by atoms with Gasteiger partial charge in [0.15, 0.2) is 0 Å². The first-order chi connectivity index (χ1) is 35.2. The van der Waals surface area contributed by atoms with Crippen molar-refractivity contribution in [2.24, 2.45) is 117 Å². The van der Waals surface area contributed by atoms with Gasteiger partial charge in [-0.05, 0) is 242 Å². The van der Waals surface area contributed by atoms with E-state index in [1.54, 1.807) is 0 Å². The smallest absolute Gasteiger partial charge is 0.415 e. The second kappa shape index (κ2) is 18.3. The van der Waals surface area contributed by atoms with Crippen LogP contribution >= 0.6 is 24.1 Å². The first-order valence-electron chi connectivity index (χ1n) is 28.1. The predicted molar refractivity (Wildman–Crippen MR) is 247 cm³/mol. The van der Waals surface area contributed by atoms with Crippen molar-refractivity contribution in [3.8, 4) is 0 Å². The molecule has 18 bridgehead atoms. The van der Waals surface area contributed by atoms with Gasteiger partial charge in [-0.15, -0.1) is 0 Å². The lowest BCUT2D eigenvalue weighted by Crippen LogP contribution is -2.67. The van der Waals surface area contributed by atoms with Gasteiger partial charge in [-0.25, -0.2) is 9.59 Å². The average Bonchev–Trinajstić information content (AvgIpc) is 4.14. The Balaban J connectivity index is 0.000000143. The maximum atomic E-state index is 14.2. The standard InChI is InChI=1S/C28H36F2O7S.C26H36F2O7S/c29-28(30,38-37-36-33)24(32)34-13-25-5-15-1-16(6-25)8-27(7-15,12-25)35-23(31)26-9-20-17-2-14-3-18(20)22(11-26)19(4-14)21(17)10-26;1-14-2-19-17-5-18(20(6-17)21(19)3-14)7-22(29)33-25-10-15-4-16(11-25)9-24(8-15,12-25)13-32-23(30)26(27,28)36-35-34-31/h14-22,33H,1-13H2;14-21,31H,2-13H2,1H3/p-2. The first kappa shape index (κ1) is 51.5. The van der Waals surface area contributed by atoms with E-state index < -0.39 is 68.6 Å². The maximum Gasteiger partial charge on any atom is 0.415 e. The lowest BCUT2D eigenvalue weighted by Gasteiger charge is -2.72. The van der Waals surface area contributed by atoms with Crippen molar-refractivity contribution in [1.29, 1.82) is 0 Å². The van der Waals surface area contributed by atoms with E-state index in [-0.39, 0.29) is 30.6 Å². The topological polar surface area (TPSA) is 188 Å². The number of hydrogen-bond donors (Lipinski definition) is 0. The first-order valence-corrected chi connectivity index (χ1v) is 29.5. The van der Waals surface area contributed by atoms with E-state index >= 15 is 0 Å². The van der Waals surface area contributed by atoms with Gasteiger partial charge in [-0.3, -0.25) is 19.7 Å². The average molecular weight is 1080 g/mol. The Bertz CT molecular complexity index is 2160. The lowest BCUT2D eigenvalue weighted by molar-refractivity contribution is -0.777. The molecule has 0 amide bonds. The number of esters is 4. The third kappa shape index (κ3) is 8.78. The SMILES string of the molecule is CC1CC2C3CC(CC(=O)OC45CC6CC(CC(COC(=O)C(F)(F)SOO[O-])(C6)C4)C5)C(C3)C2C1.O=C(OC12CC3CC(CC(COC(=O)C(F)(F)SOO[O-])(C3)C1)C2)C12CC3C4CC5CC3C(C1)C(C5)C4C2. The van der Waals surface area contributed by atoms with E-state index in [9.17, 15) is 47.3 Å². The quantitative estimate of drug-likeness (QED) is 0.0335. The van der Waals surface area contributed by atoms with Crippen LogP contribution in [0.2, 0.25) is 0 Å². The summed E-state index contributed by atoms with van der Waals surface area (Å²) in [5, 5.41) is 17.5. The summed E-state index contributed by atoms with van der Waals surface area (Å²) in [4.78, 5) is 51.5. The van der Waals surface area contributed by atoms with Gasteiger partial charge in [-0.1, -0.05) is 6.92 Å². The zero-order valence-electron chi connectivity index (χ0n) is 42.0. The van der Waals surface area contributed by atoms with Gasteiger partial charge in [0.2, 0.25) is 0 Å². The van der Waals surface area contributed by atoms with Crippen molar-refractivity contribution < 1.29 is 84.9 Å². The van der Waals surface area contributed by atoms with Crippen molar-refractivity contribution in [2.75, 3.05) is 13.2 Å². The fourth-order valence-corrected chi connectivity index (χ4v) is 23.3. The zero-order chi connectivity index (χ0) is 51.4. The normalized spacial score (nSPS) is 49.5. The van der Waals surface area contributed by atoms with Crippen molar-refractivity contribution in [3.05, 3.63) is 0 Å². The summed E-state index contributed by atoms with van der Waals surface area (Å²) >= 11 is -1.34. The molecule has 0 heterocycles. The van der Waals surface area contributed by atoms with E-state index in [0.29, 0.717) is 72.5 Å². The van der Waals surface area contributed by atoms with Crippen LogP contribution in [0.15, 0.2) is 0 Å². The molecule has 18 saturated carbocycles. The highest BCUT2D eigenvalue weighted by atomic mass is 32.2. The zero-order valence-corrected chi connectivity index (χ0v) is 43.7. The maximum absolute atomic E-state index is 14.2. The molecule has 0 spiro atoms. The monoisotopic (exact) mass is 1080 g/mol. The summed E-state index contributed by atoms with van der Waals surface area (Å²) in [7, 11) is 0. The lowest BCUT2D eigenvalue weighted by atomic mass is 9.33. The summed E-state index contributed by atoms with van der Waals surface area (Å²) in [6, 6.07) is 0. The molecule has 18 fully saturated rings. The van der Waals surface area contributed by atoms with E-state index in [1.807, 2.05) is 0 Å². The molecule has 0 aromatic carbocycles. The summed E-state index contributed by atoms with van der Waals surface area (Å²) in [6.07, 6.45) is 22.3. The number of ether oxygens (including phenoxy) is 4. The van der Waals surface area contributed by atoms with Gasteiger partial charge >= 0.3 is 34.4 Å². The largest absolute Gasteiger partial charge is 0.691 e. The molecule has 0 aromatic rings. The molecular weight excluding hydrogens is 1010 g/mol. The summed E-state index contributed by atoms with van der Waals surface area (Å²) in [5.74, 6) is 7.61. The molecule has 18 rings (SSSR count).